The second-order valence-electron chi connectivity index (χ2n) is 5.81. The second kappa shape index (κ2) is 8.30. The highest BCUT2D eigenvalue weighted by molar-refractivity contribution is 7.99. The SMILES string of the molecule is Cc1nn(-c2ccccc2)c(C)c1CNC(=O)c1cccnc1SC(F)F. The van der Waals surface area contributed by atoms with Crippen molar-refractivity contribution in [3.05, 3.63) is 71.2 Å². The number of alkyl halides is 2. The summed E-state index contributed by atoms with van der Waals surface area (Å²) in [6, 6.07) is 12.7. The molecule has 0 radical (unpaired) electrons. The summed E-state index contributed by atoms with van der Waals surface area (Å²) >= 11 is 0.261. The highest BCUT2D eigenvalue weighted by Crippen LogP contribution is 2.26. The van der Waals surface area contributed by atoms with Crippen LogP contribution in [-0.2, 0) is 6.54 Å². The molecule has 0 aliphatic carbocycles. The zero-order valence-electron chi connectivity index (χ0n) is 14.8. The first-order chi connectivity index (χ1) is 13.0. The quantitative estimate of drug-likeness (QED) is 0.645. The van der Waals surface area contributed by atoms with Crippen LogP contribution in [0.5, 0.6) is 0 Å². The minimum Gasteiger partial charge on any atom is -0.348 e. The van der Waals surface area contributed by atoms with E-state index in [0.29, 0.717) is 0 Å². The van der Waals surface area contributed by atoms with E-state index in [1.54, 1.807) is 6.07 Å². The molecule has 0 unspecified atom stereocenters. The molecule has 0 atom stereocenters. The molecule has 0 saturated carbocycles. The van der Waals surface area contributed by atoms with Crippen molar-refractivity contribution in [2.24, 2.45) is 0 Å². The van der Waals surface area contributed by atoms with Gasteiger partial charge in [-0.1, -0.05) is 18.2 Å². The van der Waals surface area contributed by atoms with Crippen molar-refractivity contribution in [2.75, 3.05) is 0 Å². The van der Waals surface area contributed by atoms with E-state index < -0.39 is 11.7 Å². The van der Waals surface area contributed by atoms with E-state index >= 15 is 0 Å². The van der Waals surface area contributed by atoms with Crippen LogP contribution in [0.1, 0.15) is 27.3 Å². The van der Waals surface area contributed by atoms with E-state index in [1.807, 2.05) is 48.9 Å². The van der Waals surface area contributed by atoms with Crippen LogP contribution < -0.4 is 5.32 Å². The summed E-state index contributed by atoms with van der Waals surface area (Å²) in [6.07, 6.45) is 1.39. The standard InChI is InChI=1S/C19H18F2N4OS/c1-12-16(13(2)25(24-12)14-7-4-3-5-8-14)11-23-17(26)15-9-6-10-22-18(15)27-19(20)21/h3-10,19H,11H2,1-2H3,(H,23,26). The summed E-state index contributed by atoms with van der Waals surface area (Å²) in [5, 5.41) is 7.34. The maximum atomic E-state index is 12.7. The van der Waals surface area contributed by atoms with Crippen molar-refractivity contribution >= 4 is 17.7 Å². The van der Waals surface area contributed by atoms with Gasteiger partial charge in [0.2, 0.25) is 0 Å². The number of amides is 1. The first-order valence-corrected chi connectivity index (χ1v) is 9.14. The lowest BCUT2D eigenvalue weighted by atomic mass is 10.2. The third kappa shape index (κ3) is 4.33. The zero-order valence-corrected chi connectivity index (χ0v) is 15.6. The molecule has 2 aromatic heterocycles. The number of para-hydroxylation sites is 1. The molecule has 1 aromatic carbocycles. The van der Waals surface area contributed by atoms with E-state index in [2.05, 4.69) is 15.4 Å². The van der Waals surface area contributed by atoms with Crippen molar-refractivity contribution in [1.82, 2.24) is 20.1 Å². The highest BCUT2D eigenvalue weighted by atomic mass is 32.2. The summed E-state index contributed by atoms with van der Waals surface area (Å²) in [6.45, 7) is 4.05. The molecule has 0 aliphatic heterocycles. The van der Waals surface area contributed by atoms with Gasteiger partial charge >= 0.3 is 0 Å². The summed E-state index contributed by atoms with van der Waals surface area (Å²) in [7, 11) is 0. The van der Waals surface area contributed by atoms with Crippen LogP contribution in [0.25, 0.3) is 5.69 Å². The lowest BCUT2D eigenvalue weighted by molar-refractivity contribution is 0.0947. The Hall–Kier alpha value is -2.74. The lowest BCUT2D eigenvalue weighted by Gasteiger charge is -2.09. The molecule has 3 aromatic rings. The van der Waals surface area contributed by atoms with Crippen molar-refractivity contribution in [2.45, 2.75) is 31.2 Å². The molecule has 1 N–H and O–H groups in total. The average Bonchev–Trinajstić information content (AvgIpc) is 2.94. The number of carbonyl (C=O) groups is 1. The van der Waals surface area contributed by atoms with E-state index in [0.717, 1.165) is 22.6 Å². The number of nitrogens with one attached hydrogen (secondary N) is 1. The fraction of sp³-hybridized carbons (Fsp3) is 0.211. The molecule has 0 fully saturated rings. The van der Waals surface area contributed by atoms with Gasteiger partial charge in [-0.2, -0.15) is 13.9 Å². The number of rotatable bonds is 6. The molecule has 5 nitrogen and oxygen atoms in total. The van der Waals surface area contributed by atoms with E-state index in [9.17, 15) is 13.6 Å². The maximum Gasteiger partial charge on any atom is 0.290 e. The van der Waals surface area contributed by atoms with Crippen molar-refractivity contribution in [1.29, 1.82) is 0 Å². The van der Waals surface area contributed by atoms with Crippen molar-refractivity contribution < 1.29 is 13.6 Å². The van der Waals surface area contributed by atoms with Gasteiger partial charge in [0.25, 0.3) is 11.7 Å². The number of aryl methyl sites for hydroxylation is 1. The van der Waals surface area contributed by atoms with Crippen LogP contribution in [0.2, 0.25) is 0 Å². The Morgan fingerprint density at radius 2 is 1.93 bits per heavy atom. The van der Waals surface area contributed by atoms with Gasteiger partial charge < -0.3 is 5.32 Å². The first-order valence-electron chi connectivity index (χ1n) is 8.26. The van der Waals surface area contributed by atoms with Gasteiger partial charge in [-0.05, 0) is 49.9 Å². The smallest absolute Gasteiger partial charge is 0.290 e. The Bertz CT molecular complexity index is 944. The van der Waals surface area contributed by atoms with E-state index in [1.165, 1.54) is 12.3 Å². The minimum atomic E-state index is -2.64. The van der Waals surface area contributed by atoms with Gasteiger partial charge in [-0.25, -0.2) is 9.67 Å². The van der Waals surface area contributed by atoms with Gasteiger partial charge in [0.15, 0.2) is 0 Å². The molecular weight excluding hydrogens is 370 g/mol. The molecular formula is C19H18F2N4OS. The van der Waals surface area contributed by atoms with Crippen LogP contribution in [0.15, 0.2) is 53.7 Å². The van der Waals surface area contributed by atoms with Crippen LogP contribution in [0, 0.1) is 13.8 Å². The van der Waals surface area contributed by atoms with Crippen LogP contribution in [-0.4, -0.2) is 26.4 Å². The zero-order chi connectivity index (χ0) is 19.4. The Balaban J connectivity index is 1.78. The van der Waals surface area contributed by atoms with E-state index in [-0.39, 0.29) is 28.9 Å². The molecule has 0 spiro atoms. The van der Waals surface area contributed by atoms with Crippen molar-refractivity contribution in [3.63, 3.8) is 0 Å². The van der Waals surface area contributed by atoms with E-state index in [4.69, 9.17) is 0 Å². The molecule has 27 heavy (non-hydrogen) atoms. The minimum absolute atomic E-state index is 0.0124. The number of nitrogens with zero attached hydrogens (tertiary/aromatic N) is 3. The highest BCUT2D eigenvalue weighted by Gasteiger charge is 2.18. The summed E-state index contributed by atoms with van der Waals surface area (Å²) in [4.78, 5) is 16.4. The Kier molecular flexibility index (Phi) is 5.85. The molecule has 2 heterocycles. The summed E-state index contributed by atoms with van der Waals surface area (Å²) < 4.78 is 27.1. The number of aromatic nitrogens is 3. The van der Waals surface area contributed by atoms with Gasteiger partial charge in [0, 0.05) is 24.0 Å². The fourth-order valence-electron chi connectivity index (χ4n) is 2.76. The third-order valence-electron chi connectivity index (χ3n) is 4.08. The average molecular weight is 388 g/mol. The third-order valence-corrected chi connectivity index (χ3v) is 4.81. The number of hydrogen-bond acceptors (Lipinski definition) is 4. The predicted molar refractivity (Wildman–Crippen MR) is 100 cm³/mol. The monoisotopic (exact) mass is 388 g/mol. The number of benzene rings is 1. The number of halogens is 2. The largest absolute Gasteiger partial charge is 0.348 e. The molecule has 3 rings (SSSR count). The predicted octanol–water partition coefficient (Wildman–Crippen LogP) is 4.13. The maximum absolute atomic E-state index is 12.7. The molecule has 0 aliphatic rings. The van der Waals surface area contributed by atoms with Crippen LogP contribution >= 0.6 is 11.8 Å². The second-order valence-corrected chi connectivity index (χ2v) is 6.79. The van der Waals surface area contributed by atoms with Crippen LogP contribution in [0.3, 0.4) is 0 Å². The number of thioether (sulfide) groups is 1. The molecule has 140 valence electrons. The van der Waals surface area contributed by atoms with Gasteiger partial charge in [0.1, 0.15) is 5.03 Å². The Morgan fingerprint density at radius 1 is 1.19 bits per heavy atom. The van der Waals surface area contributed by atoms with Gasteiger partial charge in [-0.3, -0.25) is 4.79 Å². The number of pyridine rings is 1. The Labute approximate surface area is 159 Å². The molecule has 1 amide bonds. The fourth-order valence-corrected chi connectivity index (χ4v) is 3.34. The lowest BCUT2D eigenvalue weighted by Crippen LogP contribution is -2.24. The molecule has 0 saturated heterocycles. The van der Waals surface area contributed by atoms with Gasteiger partial charge in [0.05, 0.1) is 16.9 Å². The summed E-state index contributed by atoms with van der Waals surface area (Å²) in [5.74, 6) is -3.09. The first kappa shape index (κ1) is 19.0. The number of carbonyl (C=O) groups excluding carboxylic acids is 1. The summed E-state index contributed by atoms with van der Waals surface area (Å²) in [5.41, 5.74) is 3.66. The normalized spacial score (nSPS) is 11.0. The van der Waals surface area contributed by atoms with Crippen molar-refractivity contribution in [3.8, 4) is 5.69 Å². The molecule has 0 bridgehead atoms. The topological polar surface area (TPSA) is 59.8 Å². The molecule has 8 heteroatoms. The van der Waals surface area contributed by atoms with Gasteiger partial charge in [-0.15, -0.1) is 0 Å². The van der Waals surface area contributed by atoms with Crippen LogP contribution in [0.4, 0.5) is 8.78 Å². The Morgan fingerprint density at radius 3 is 2.63 bits per heavy atom. The number of hydrogen-bond donors (Lipinski definition) is 1.